The number of rotatable bonds is 10. The summed E-state index contributed by atoms with van der Waals surface area (Å²) in [6, 6.07) is 7.44. The Kier molecular flexibility index (Phi) is 8.31. The first-order valence-electron chi connectivity index (χ1n) is 9.58. The molecule has 1 aromatic carbocycles. The van der Waals surface area contributed by atoms with Gasteiger partial charge in [-0.15, -0.1) is 13.2 Å². The summed E-state index contributed by atoms with van der Waals surface area (Å²) in [6.07, 6.45) is -5.18. The highest BCUT2D eigenvalue weighted by atomic mass is 19.4. The number of aromatic nitrogens is 1. The lowest BCUT2D eigenvalue weighted by atomic mass is 10.2. The van der Waals surface area contributed by atoms with Crippen LogP contribution in [-0.4, -0.2) is 44.5 Å². The average molecular weight is 428 g/mol. The number of aryl methyl sites for hydroxylation is 2. The van der Waals surface area contributed by atoms with Crippen LogP contribution >= 0.6 is 0 Å². The summed E-state index contributed by atoms with van der Waals surface area (Å²) in [4.78, 5) is 6.34. The minimum absolute atomic E-state index is 0.237. The van der Waals surface area contributed by atoms with Gasteiger partial charge in [-0.05, 0) is 63.6 Å². The van der Waals surface area contributed by atoms with Gasteiger partial charge in [0.25, 0.3) is 0 Å². The first-order chi connectivity index (χ1) is 14.1. The van der Waals surface area contributed by atoms with Gasteiger partial charge in [0.15, 0.2) is 6.29 Å². The molecule has 0 unspecified atom stereocenters. The normalized spacial score (nSPS) is 11.6. The van der Waals surface area contributed by atoms with E-state index < -0.39 is 12.7 Å². The summed E-state index contributed by atoms with van der Waals surface area (Å²) in [5, 5.41) is 0. The molecule has 0 saturated heterocycles. The van der Waals surface area contributed by atoms with Crippen LogP contribution in [0.3, 0.4) is 0 Å². The van der Waals surface area contributed by atoms with Gasteiger partial charge in [0.1, 0.15) is 23.9 Å². The second-order valence-corrected chi connectivity index (χ2v) is 6.46. The molecule has 0 N–H and O–H groups in total. The highest BCUT2D eigenvalue weighted by molar-refractivity contribution is 5.62. The van der Waals surface area contributed by atoms with E-state index in [2.05, 4.69) is 9.72 Å². The van der Waals surface area contributed by atoms with Crippen LogP contribution in [0.25, 0.3) is 0 Å². The van der Waals surface area contributed by atoms with Crippen LogP contribution in [0.1, 0.15) is 25.1 Å². The Balaban J connectivity index is 2.13. The highest BCUT2D eigenvalue weighted by Crippen LogP contribution is 2.31. The predicted molar refractivity (Wildman–Crippen MR) is 107 cm³/mol. The molecule has 0 bridgehead atoms. The van der Waals surface area contributed by atoms with E-state index in [4.69, 9.17) is 14.2 Å². The number of pyridine rings is 1. The first kappa shape index (κ1) is 23.8. The van der Waals surface area contributed by atoms with E-state index in [1.165, 1.54) is 24.3 Å². The summed E-state index contributed by atoms with van der Waals surface area (Å²) in [6.45, 7) is 8.77. The van der Waals surface area contributed by atoms with Crippen LogP contribution in [0.5, 0.6) is 11.5 Å². The van der Waals surface area contributed by atoms with E-state index >= 15 is 0 Å². The van der Waals surface area contributed by atoms with Crippen LogP contribution in [0.4, 0.5) is 24.7 Å². The van der Waals surface area contributed by atoms with Crippen molar-refractivity contribution >= 4 is 11.5 Å². The minimum atomic E-state index is -4.72. The van der Waals surface area contributed by atoms with E-state index in [-0.39, 0.29) is 12.4 Å². The summed E-state index contributed by atoms with van der Waals surface area (Å²) >= 11 is 0. The zero-order valence-electron chi connectivity index (χ0n) is 17.7. The molecule has 2 aromatic rings. The molecule has 9 heteroatoms. The van der Waals surface area contributed by atoms with Crippen LogP contribution < -0.4 is 14.4 Å². The van der Waals surface area contributed by atoms with Crippen molar-refractivity contribution in [3.05, 3.63) is 41.6 Å². The Morgan fingerprint density at radius 3 is 2.13 bits per heavy atom. The summed E-state index contributed by atoms with van der Waals surface area (Å²) in [7, 11) is 1.78. The molecule has 0 saturated carbocycles. The number of hydrogen-bond acceptors (Lipinski definition) is 6. The maximum absolute atomic E-state index is 12.3. The van der Waals surface area contributed by atoms with Crippen molar-refractivity contribution in [1.82, 2.24) is 4.98 Å². The molecule has 0 spiro atoms. The smallest absolute Gasteiger partial charge is 0.486 e. The van der Waals surface area contributed by atoms with Gasteiger partial charge in [-0.1, -0.05) is 0 Å². The Labute approximate surface area is 174 Å². The Hall–Kier alpha value is -2.52. The lowest BCUT2D eigenvalue weighted by Crippen LogP contribution is -2.25. The molecule has 166 valence electrons. The standard InChI is InChI=1S/C21H27F3N2O4/c1-6-27-19(28-7-2)13-29-20-14(3)12-18(25-15(20)4)26(5)16-8-10-17(11-9-16)30-21(22,23)24/h8-12,19H,6-7,13H2,1-5H3. The van der Waals surface area contributed by atoms with E-state index in [0.717, 1.165) is 5.56 Å². The number of hydrogen-bond donors (Lipinski definition) is 0. The van der Waals surface area contributed by atoms with Gasteiger partial charge in [0, 0.05) is 25.9 Å². The van der Waals surface area contributed by atoms with Crippen molar-refractivity contribution in [3.63, 3.8) is 0 Å². The van der Waals surface area contributed by atoms with Crippen molar-refractivity contribution in [2.45, 2.75) is 40.3 Å². The van der Waals surface area contributed by atoms with Crippen molar-refractivity contribution in [1.29, 1.82) is 0 Å². The van der Waals surface area contributed by atoms with Crippen LogP contribution in [0, 0.1) is 13.8 Å². The zero-order chi connectivity index (χ0) is 22.3. The first-order valence-corrected chi connectivity index (χ1v) is 9.58. The van der Waals surface area contributed by atoms with Gasteiger partial charge in [-0.2, -0.15) is 0 Å². The monoisotopic (exact) mass is 428 g/mol. The molecular weight excluding hydrogens is 401 g/mol. The molecular formula is C21H27F3N2O4. The van der Waals surface area contributed by atoms with E-state index in [9.17, 15) is 13.2 Å². The third-order valence-electron chi connectivity index (χ3n) is 4.18. The predicted octanol–water partition coefficient (Wildman–Crippen LogP) is 5.14. The molecule has 6 nitrogen and oxygen atoms in total. The summed E-state index contributed by atoms with van der Waals surface area (Å²) < 4.78 is 57.7. The number of anilines is 2. The molecule has 0 aliphatic heterocycles. The van der Waals surface area contributed by atoms with Gasteiger partial charge in [-0.3, -0.25) is 0 Å². The number of halogens is 3. The Bertz CT molecular complexity index is 784. The Morgan fingerprint density at radius 2 is 1.63 bits per heavy atom. The molecule has 0 radical (unpaired) electrons. The number of benzene rings is 1. The SMILES string of the molecule is CCOC(COc1c(C)cc(N(C)c2ccc(OC(F)(F)F)cc2)nc1C)OCC. The highest BCUT2D eigenvalue weighted by Gasteiger charge is 2.31. The second kappa shape index (κ2) is 10.5. The van der Waals surface area contributed by atoms with Crippen LogP contribution in [0.15, 0.2) is 30.3 Å². The lowest BCUT2D eigenvalue weighted by molar-refractivity contribution is -0.274. The van der Waals surface area contributed by atoms with Gasteiger partial charge in [0.2, 0.25) is 0 Å². The fourth-order valence-corrected chi connectivity index (χ4v) is 2.86. The molecule has 0 atom stereocenters. The molecule has 0 fully saturated rings. The Morgan fingerprint density at radius 1 is 1.03 bits per heavy atom. The molecule has 0 amide bonds. The van der Waals surface area contributed by atoms with E-state index in [1.807, 2.05) is 33.8 Å². The molecule has 30 heavy (non-hydrogen) atoms. The maximum atomic E-state index is 12.3. The van der Waals surface area contributed by atoms with Gasteiger partial charge >= 0.3 is 6.36 Å². The van der Waals surface area contributed by atoms with Crippen LogP contribution in [0.2, 0.25) is 0 Å². The van der Waals surface area contributed by atoms with Gasteiger partial charge in [0.05, 0.1) is 5.69 Å². The largest absolute Gasteiger partial charge is 0.573 e. The zero-order valence-corrected chi connectivity index (χ0v) is 17.7. The number of ether oxygens (including phenoxy) is 4. The average Bonchev–Trinajstić information content (AvgIpc) is 2.66. The third kappa shape index (κ3) is 6.77. The quantitative estimate of drug-likeness (QED) is 0.488. The third-order valence-corrected chi connectivity index (χ3v) is 4.18. The minimum Gasteiger partial charge on any atom is -0.486 e. The fourth-order valence-electron chi connectivity index (χ4n) is 2.86. The van der Waals surface area contributed by atoms with Gasteiger partial charge in [-0.25, -0.2) is 4.98 Å². The molecule has 1 heterocycles. The van der Waals surface area contributed by atoms with Crippen LogP contribution in [-0.2, 0) is 9.47 Å². The molecule has 0 aliphatic rings. The van der Waals surface area contributed by atoms with Gasteiger partial charge < -0.3 is 23.8 Å². The summed E-state index contributed by atoms with van der Waals surface area (Å²) in [5.74, 6) is 1.00. The number of alkyl halides is 3. The van der Waals surface area contributed by atoms with Crippen molar-refractivity contribution in [3.8, 4) is 11.5 Å². The fraction of sp³-hybridized carbons (Fsp3) is 0.476. The van der Waals surface area contributed by atoms with Crippen molar-refractivity contribution in [2.24, 2.45) is 0 Å². The van der Waals surface area contributed by atoms with Crippen molar-refractivity contribution in [2.75, 3.05) is 31.8 Å². The second-order valence-electron chi connectivity index (χ2n) is 6.46. The molecule has 0 aliphatic carbocycles. The number of nitrogens with zero attached hydrogens (tertiary/aromatic N) is 2. The van der Waals surface area contributed by atoms with Crippen molar-refractivity contribution < 1.29 is 32.1 Å². The summed E-state index contributed by atoms with van der Waals surface area (Å²) in [5.41, 5.74) is 2.21. The topological polar surface area (TPSA) is 53.1 Å². The maximum Gasteiger partial charge on any atom is 0.573 e. The molecule has 1 aromatic heterocycles. The molecule has 2 rings (SSSR count). The lowest BCUT2D eigenvalue weighted by Gasteiger charge is -2.22. The van der Waals surface area contributed by atoms with E-state index in [1.54, 1.807) is 11.9 Å². The van der Waals surface area contributed by atoms with E-state index in [0.29, 0.717) is 36.2 Å².